The average Bonchev–Trinajstić information content (AvgIpc) is 2.27. The van der Waals surface area contributed by atoms with E-state index in [9.17, 15) is 4.79 Å². The van der Waals surface area contributed by atoms with Crippen LogP contribution in [0.1, 0.15) is 25.0 Å². The first kappa shape index (κ1) is 10.7. The molecule has 0 radical (unpaired) electrons. The van der Waals surface area contributed by atoms with E-state index in [1.807, 2.05) is 38.1 Å². The van der Waals surface area contributed by atoms with Gasteiger partial charge in [0.25, 0.3) is 0 Å². The molecule has 0 spiro atoms. The second kappa shape index (κ2) is 4.35. The molecule has 0 N–H and O–H groups in total. The maximum absolute atomic E-state index is 11.5. The van der Waals surface area contributed by atoms with Gasteiger partial charge < -0.3 is 9.57 Å². The van der Waals surface area contributed by atoms with E-state index in [1.54, 1.807) is 0 Å². The SMILES string of the molecule is CC(C)O/N=C1/C(=O)OCc2ccccc21. The van der Waals surface area contributed by atoms with Crippen LogP contribution in [0, 0.1) is 0 Å². The molecule has 84 valence electrons. The van der Waals surface area contributed by atoms with Crippen molar-refractivity contribution in [3.63, 3.8) is 0 Å². The van der Waals surface area contributed by atoms with Crippen molar-refractivity contribution in [1.82, 2.24) is 0 Å². The molecule has 4 nitrogen and oxygen atoms in total. The first-order chi connectivity index (χ1) is 7.68. The first-order valence-electron chi connectivity index (χ1n) is 5.17. The Hall–Kier alpha value is -1.84. The van der Waals surface area contributed by atoms with E-state index in [2.05, 4.69) is 5.16 Å². The highest BCUT2D eigenvalue weighted by atomic mass is 16.6. The van der Waals surface area contributed by atoms with Gasteiger partial charge in [-0.05, 0) is 19.4 Å². The van der Waals surface area contributed by atoms with Crippen LogP contribution < -0.4 is 0 Å². The van der Waals surface area contributed by atoms with Gasteiger partial charge in [-0.1, -0.05) is 29.4 Å². The molecule has 1 aromatic rings. The van der Waals surface area contributed by atoms with Crippen LogP contribution in [0.5, 0.6) is 0 Å². The third-order valence-electron chi connectivity index (χ3n) is 2.18. The van der Waals surface area contributed by atoms with Crippen molar-refractivity contribution in [3.8, 4) is 0 Å². The zero-order valence-electron chi connectivity index (χ0n) is 9.27. The van der Waals surface area contributed by atoms with E-state index in [0.29, 0.717) is 6.61 Å². The minimum atomic E-state index is -0.431. The largest absolute Gasteiger partial charge is 0.456 e. The lowest BCUT2D eigenvalue weighted by Crippen LogP contribution is -2.26. The maximum Gasteiger partial charge on any atom is 0.361 e. The molecule has 4 heteroatoms. The van der Waals surface area contributed by atoms with Crippen LogP contribution in [-0.2, 0) is 21.0 Å². The Balaban J connectivity index is 2.37. The van der Waals surface area contributed by atoms with Crippen molar-refractivity contribution in [2.24, 2.45) is 5.16 Å². The molecule has 1 aliphatic rings. The van der Waals surface area contributed by atoms with Crippen molar-refractivity contribution >= 4 is 11.7 Å². The van der Waals surface area contributed by atoms with Crippen molar-refractivity contribution < 1.29 is 14.4 Å². The number of rotatable bonds is 2. The van der Waals surface area contributed by atoms with Crippen LogP contribution in [0.25, 0.3) is 0 Å². The van der Waals surface area contributed by atoms with Gasteiger partial charge in [-0.3, -0.25) is 0 Å². The number of esters is 1. The summed E-state index contributed by atoms with van der Waals surface area (Å²) < 4.78 is 5.00. The van der Waals surface area contributed by atoms with Crippen molar-refractivity contribution in [1.29, 1.82) is 0 Å². The molecular weight excluding hydrogens is 206 g/mol. The number of carbonyl (C=O) groups is 1. The van der Waals surface area contributed by atoms with Crippen LogP contribution in [0.2, 0.25) is 0 Å². The number of carbonyl (C=O) groups excluding carboxylic acids is 1. The molecule has 1 aliphatic heterocycles. The summed E-state index contributed by atoms with van der Waals surface area (Å²) in [5.74, 6) is -0.431. The molecule has 0 aromatic heterocycles. The highest BCUT2D eigenvalue weighted by Crippen LogP contribution is 2.18. The lowest BCUT2D eigenvalue weighted by molar-refractivity contribution is -0.137. The molecule has 0 unspecified atom stereocenters. The van der Waals surface area contributed by atoms with Crippen LogP contribution >= 0.6 is 0 Å². The van der Waals surface area contributed by atoms with E-state index in [-0.39, 0.29) is 11.8 Å². The number of cyclic esters (lactones) is 1. The summed E-state index contributed by atoms with van der Waals surface area (Å²) in [6.45, 7) is 4.00. The predicted molar refractivity (Wildman–Crippen MR) is 59.0 cm³/mol. The van der Waals surface area contributed by atoms with E-state index >= 15 is 0 Å². The van der Waals surface area contributed by atoms with Gasteiger partial charge in [0.05, 0.1) is 0 Å². The van der Waals surface area contributed by atoms with Gasteiger partial charge in [0.15, 0.2) is 5.71 Å². The number of oxime groups is 1. The van der Waals surface area contributed by atoms with E-state index < -0.39 is 5.97 Å². The minimum absolute atomic E-state index is 0.0608. The number of hydrogen-bond donors (Lipinski definition) is 0. The van der Waals surface area contributed by atoms with E-state index in [0.717, 1.165) is 11.1 Å². The van der Waals surface area contributed by atoms with Gasteiger partial charge in [-0.25, -0.2) is 4.79 Å². The second-order valence-corrected chi connectivity index (χ2v) is 3.83. The van der Waals surface area contributed by atoms with Gasteiger partial charge in [-0.2, -0.15) is 0 Å². The fourth-order valence-electron chi connectivity index (χ4n) is 1.44. The van der Waals surface area contributed by atoms with Gasteiger partial charge >= 0.3 is 5.97 Å². The molecule has 16 heavy (non-hydrogen) atoms. The van der Waals surface area contributed by atoms with E-state index in [4.69, 9.17) is 9.57 Å². The fourth-order valence-corrected chi connectivity index (χ4v) is 1.44. The molecule has 0 aliphatic carbocycles. The fraction of sp³-hybridized carbons (Fsp3) is 0.333. The summed E-state index contributed by atoms with van der Waals surface area (Å²) in [4.78, 5) is 16.6. The smallest absolute Gasteiger partial charge is 0.361 e. The lowest BCUT2D eigenvalue weighted by Gasteiger charge is -2.17. The monoisotopic (exact) mass is 219 g/mol. The van der Waals surface area contributed by atoms with Crippen LogP contribution in [0.3, 0.4) is 0 Å². The molecule has 2 rings (SSSR count). The number of benzene rings is 1. The highest BCUT2D eigenvalue weighted by Gasteiger charge is 2.25. The highest BCUT2D eigenvalue weighted by molar-refractivity contribution is 6.44. The zero-order valence-corrected chi connectivity index (χ0v) is 9.27. The Kier molecular flexibility index (Phi) is 2.90. The van der Waals surface area contributed by atoms with Crippen LogP contribution in [0.4, 0.5) is 0 Å². The van der Waals surface area contributed by atoms with Gasteiger partial charge in [0.1, 0.15) is 12.7 Å². The Labute approximate surface area is 93.9 Å². The summed E-state index contributed by atoms with van der Waals surface area (Å²) in [5.41, 5.74) is 1.99. The topological polar surface area (TPSA) is 47.9 Å². The molecule has 0 bridgehead atoms. The quantitative estimate of drug-likeness (QED) is 0.563. The first-order valence-corrected chi connectivity index (χ1v) is 5.17. The second-order valence-electron chi connectivity index (χ2n) is 3.83. The van der Waals surface area contributed by atoms with E-state index in [1.165, 1.54) is 0 Å². The van der Waals surface area contributed by atoms with Crippen LogP contribution in [-0.4, -0.2) is 17.8 Å². The maximum atomic E-state index is 11.5. The molecular formula is C12H13NO3. The molecule has 0 saturated carbocycles. The Bertz CT molecular complexity index is 438. The standard InChI is InChI=1S/C12H13NO3/c1-8(2)16-13-11-10-6-4-3-5-9(10)7-15-12(11)14/h3-6,8H,7H2,1-2H3/b13-11+. The van der Waals surface area contributed by atoms with Crippen molar-refractivity contribution in [3.05, 3.63) is 35.4 Å². The zero-order chi connectivity index (χ0) is 11.5. The minimum Gasteiger partial charge on any atom is -0.456 e. The summed E-state index contributed by atoms with van der Waals surface area (Å²) in [6, 6.07) is 7.52. The predicted octanol–water partition coefficient (Wildman–Crippen LogP) is 1.87. The molecule has 1 aromatic carbocycles. The molecule has 0 saturated heterocycles. The Morgan fingerprint density at radius 3 is 2.88 bits per heavy atom. The average molecular weight is 219 g/mol. The molecule has 0 amide bonds. The summed E-state index contributed by atoms with van der Waals surface area (Å²) in [5, 5.41) is 3.85. The Morgan fingerprint density at radius 1 is 1.38 bits per heavy atom. The number of ether oxygens (including phenoxy) is 1. The summed E-state index contributed by atoms with van der Waals surface area (Å²) in [7, 11) is 0. The lowest BCUT2D eigenvalue weighted by atomic mass is 10.0. The normalized spacial score (nSPS) is 17.2. The van der Waals surface area contributed by atoms with Crippen molar-refractivity contribution in [2.45, 2.75) is 26.6 Å². The number of fused-ring (bicyclic) bond motifs is 1. The molecule has 1 heterocycles. The van der Waals surface area contributed by atoms with Gasteiger partial charge in [0, 0.05) is 5.56 Å². The van der Waals surface area contributed by atoms with Gasteiger partial charge in [-0.15, -0.1) is 0 Å². The number of hydrogen-bond acceptors (Lipinski definition) is 4. The van der Waals surface area contributed by atoms with Crippen molar-refractivity contribution in [2.75, 3.05) is 0 Å². The molecule has 0 atom stereocenters. The number of nitrogens with zero attached hydrogens (tertiary/aromatic N) is 1. The van der Waals surface area contributed by atoms with Gasteiger partial charge in [0.2, 0.25) is 0 Å². The summed E-state index contributed by atoms with van der Waals surface area (Å²) >= 11 is 0. The third-order valence-corrected chi connectivity index (χ3v) is 2.18. The molecule has 0 fully saturated rings. The Morgan fingerprint density at radius 2 is 2.12 bits per heavy atom. The van der Waals surface area contributed by atoms with Crippen LogP contribution in [0.15, 0.2) is 29.4 Å². The third kappa shape index (κ3) is 2.05. The summed E-state index contributed by atoms with van der Waals surface area (Å²) in [6.07, 6.45) is -0.0608.